The van der Waals surface area contributed by atoms with Gasteiger partial charge in [0, 0.05) is 57.3 Å². The highest BCUT2D eigenvalue weighted by Crippen LogP contribution is 2.59. The van der Waals surface area contributed by atoms with Gasteiger partial charge in [-0.2, -0.15) is 0 Å². The third-order valence-corrected chi connectivity index (χ3v) is 15.6. The van der Waals surface area contributed by atoms with E-state index in [-0.39, 0.29) is 0 Å². The Bertz CT molecular complexity index is 3670. The molecule has 1 nitrogen and oxygen atoms in total. The van der Waals surface area contributed by atoms with Gasteiger partial charge in [-0.15, -0.1) is 22.7 Å². The first-order valence-electron chi connectivity index (χ1n) is 21.9. The summed E-state index contributed by atoms with van der Waals surface area (Å²) in [6, 6.07) is 87.8. The molecule has 64 heavy (non-hydrogen) atoms. The largest absolute Gasteiger partial charge is 0.310 e. The molecule has 0 bridgehead atoms. The van der Waals surface area contributed by atoms with Crippen LogP contribution in [0.2, 0.25) is 0 Å². The van der Waals surface area contributed by atoms with Gasteiger partial charge in [0.1, 0.15) is 0 Å². The molecule has 0 amide bonds. The summed E-state index contributed by atoms with van der Waals surface area (Å²) in [6.07, 6.45) is 0. The third kappa shape index (κ3) is 5.61. The van der Waals surface area contributed by atoms with E-state index in [1.54, 1.807) is 0 Å². The zero-order valence-corrected chi connectivity index (χ0v) is 36.4. The molecule has 3 heteroatoms. The fraction of sp³-hybridized carbons (Fsp3) is 0.0164. The van der Waals surface area contributed by atoms with Gasteiger partial charge in [-0.3, -0.25) is 0 Å². The van der Waals surface area contributed by atoms with E-state index in [4.69, 9.17) is 0 Å². The second-order valence-corrected chi connectivity index (χ2v) is 18.9. The SMILES string of the molecule is c1ccc(C2(c3ccccc3)c3ccccc3-c3c(N(c4ccc(-c5ccc6c(c5)sc5ccccc56)cc4)c4ccc(-c5cccc6sc7ccccc7c56)cc4)cccc32)cc1. The lowest BCUT2D eigenvalue weighted by molar-refractivity contribution is 0.768. The number of hydrogen-bond donors (Lipinski definition) is 0. The lowest BCUT2D eigenvalue weighted by Crippen LogP contribution is -2.28. The lowest BCUT2D eigenvalue weighted by Gasteiger charge is -2.34. The lowest BCUT2D eigenvalue weighted by atomic mass is 9.68. The number of fused-ring (bicyclic) bond motifs is 9. The topological polar surface area (TPSA) is 3.24 Å². The van der Waals surface area contributed by atoms with Crippen molar-refractivity contribution in [3.63, 3.8) is 0 Å². The van der Waals surface area contributed by atoms with Crippen molar-refractivity contribution in [3.05, 3.63) is 259 Å². The van der Waals surface area contributed by atoms with Crippen molar-refractivity contribution in [2.24, 2.45) is 0 Å². The Morgan fingerprint density at radius 2 is 0.844 bits per heavy atom. The second-order valence-electron chi connectivity index (χ2n) is 16.7. The average molecular weight is 850 g/mol. The zero-order valence-electron chi connectivity index (χ0n) is 34.8. The van der Waals surface area contributed by atoms with Gasteiger partial charge in [-0.25, -0.2) is 0 Å². The summed E-state index contributed by atoms with van der Waals surface area (Å²) >= 11 is 3.74. The van der Waals surface area contributed by atoms with Crippen molar-refractivity contribution in [3.8, 4) is 33.4 Å². The van der Waals surface area contributed by atoms with Crippen molar-refractivity contribution in [2.75, 3.05) is 4.90 Å². The van der Waals surface area contributed by atoms with Gasteiger partial charge in [0.2, 0.25) is 0 Å². The summed E-state index contributed by atoms with van der Waals surface area (Å²) in [5.74, 6) is 0. The summed E-state index contributed by atoms with van der Waals surface area (Å²) in [6.45, 7) is 0. The smallest absolute Gasteiger partial charge is 0.0714 e. The fourth-order valence-corrected chi connectivity index (χ4v) is 12.9. The second kappa shape index (κ2) is 14.8. The summed E-state index contributed by atoms with van der Waals surface area (Å²) in [4.78, 5) is 2.48. The first-order chi connectivity index (χ1) is 31.7. The van der Waals surface area contributed by atoms with Gasteiger partial charge in [0.05, 0.1) is 11.1 Å². The van der Waals surface area contributed by atoms with Gasteiger partial charge in [0.15, 0.2) is 0 Å². The summed E-state index contributed by atoms with van der Waals surface area (Å²) in [5.41, 5.74) is 15.4. The van der Waals surface area contributed by atoms with Crippen molar-refractivity contribution in [1.29, 1.82) is 0 Å². The van der Waals surface area contributed by atoms with E-state index < -0.39 is 5.41 Å². The molecular formula is C61H39NS2. The van der Waals surface area contributed by atoms with Crippen LogP contribution in [0.25, 0.3) is 73.7 Å². The molecule has 2 heterocycles. The molecule has 2 aromatic heterocycles. The van der Waals surface area contributed by atoms with Gasteiger partial charge in [-0.05, 0) is 105 Å². The summed E-state index contributed by atoms with van der Waals surface area (Å²) in [7, 11) is 0. The van der Waals surface area contributed by atoms with E-state index in [0.29, 0.717) is 0 Å². The van der Waals surface area contributed by atoms with Crippen LogP contribution in [0.5, 0.6) is 0 Å². The number of rotatable bonds is 7. The van der Waals surface area contributed by atoms with Gasteiger partial charge in [0.25, 0.3) is 0 Å². The van der Waals surface area contributed by atoms with E-state index >= 15 is 0 Å². The highest BCUT2D eigenvalue weighted by molar-refractivity contribution is 7.26. The van der Waals surface area contributed by atoms with E-state index in [9.17, 15) is 0 Å². The molecule has 0 unspecified atom stereocenters. The van der Waals surface area contributed by atoms with Crippen LogP contribution in [0.15, 0.2) is 237 Å². The van der Waals surface area contributed by atoms with Crippen molar-refractivity contribution >= 4 is 80.1 Å². The maximum absolute atomic E-state index is 2.48. The van der Waals surface area contributed by atoms with Crippen LogP contribution >= 0.6 is 22.7 Å². The maximum atomic E-state index is 2.48. The normalized spacial score (nSPS) is 12.8. The molecule has 1 aliphatic carbocycles. The minimum atomic E-state index is -0.503. The zero-order chi connectivity index (χ0) is 42.2. The van der Waals surface area contributed by atoms with Crippen LogP contribution in [0.3, 0.4) is 0 Å². The third-order valence-electron chi connectivity index (χ3n) is 13.4. The number of anilines is 3. The molecular weight excluding hydrogens is 811 g/mol. The Morgan fingerprint density at radius 1 is 0.328 bits per heavy atom. The molecule has 0 atom stereocenters. The minimum Gasteiger partial charge on any atom is -0.310 e. The van der Waals surface area contributed by atoms with Gasteiger partial charge in [-0.1, -0.05) is 182 Å². The van der Waals surface area contributed by atoms with Crippen molar-refractivity contribution in [2.45, 2.75) is 5.41 Å². The molecule has 0 fully saturated rings. The first kappa shape index (κ1) is 37.0. The molecule has 1 aliphatic rings. The molecule has 0 saturated heterocycles. The Labute approximate surface area is 380 Å². The Kier molecular flexibility index (Phi) is 8.55. The predicted molar refractivity (Wildman–Crippen MR) is 275 cm³/mol. The van der Waals surface area contributed by atoms with Crippen LogP contribution in [0.1, 0.15) is 22.3 Å². The average Bonchev–Trinajstić information content (AvgIpc) is 4.04. The molecule has 300 valence electrons. The van der Waals surface area contributed by atoms with E-state index in [1.165, 1.54) is 96.0 Å². The number of nitrogens with zero attached hydrogens (tertiary/aromatic N) is 1. The molecule has 10 aromatic carbocycles. The number of benzene rings is 10. The molecule has 0 spiro atoms. The van der Waals surface area contributed by atoms with E-state index in [1.807, 2.05) is 22.7 Å². The van der Waals surface area contributed by atoms with Crippen LogP contribution in [0, 0.1) is 0 Å². The van der Waals surface area contributed by atoms with E-state index in [2.05, 4.69) is 241 Å². The first-order valence-corrected chi connectivity index (χ1v) is 23.5. The number of hydrogen-bond acceptors (Lipinski definition) is 3. The molecule has 13 rings (SSSR count). The van der Waals surface area contributed by atoms with E-state index in [0.717, 1.165) is 17.1 Å². The quantitative estimate of drug-likeness (QED) is 0.154. The molecule has 12 aromatic rings. The van der Waals surface area contributed by atoms with Crippen LogP contribution < -0.4 is 4.90 Å². The molecule has 0 aliphatic heterocycles. The summed E-state index contributed by atoms with van der Waals surface area (Å²) < 4.78 is 5.28. The maximum Gasteiger partial charge on any atom is 0.0714 e. The standard InChI is InChI=1S/C61H39NS2/c1-3-15-43(16-4-1)61(44-17-5-2-6-18-44)52-23-10-7-20-50(52)60-53(61)24-14-25-54(60)62(45-34-29-40(30-35-45)42-33-38-49-48-19-8-11-26-55(48)64-58(49)39-42)46-36-31-41(32-37-46)47-22-13-28-57-59(47)51-21-9-12-27-56(51)63-57/h1-39H. The van der Waals surface area contributed by atoms with Crippen molar-refractivity contribution in [1.82, 2.24) is 0 Å². The Balaban J connectivity index is 1.01. The minimum absolute atomic E-state index is 0.503. The van der Waals surface area contributed by atoms with Crippen LogP contribution in [-0.4, -0.2) is 0 Å². The monoisotopic (exact) mass is 849 g/mol. The van der Waals surface area contributed by atoms with Gasteiger partial charge < -0.3 is 4.90 Å². The predicted octanol–water partition coefficient (Wildman–Crippen LogP) is 17.6. The van der Waals surface area contributed by atoms with Crippen LogP contribution in [0.4, 0.5) is 17.1 Å². The Morgan fingerprint density at radius 3 is 1.58 bits per heavy atom. The van der Waals surface area contributed by atoms with Crippen molar-refractivity contribution < 1.29 is 0 Å². The summed E-state index contributed by atoms with van der Waals surface area (Å²) in [5, 5.41) is 5.29. The van der Waals surface area contributed by atoms with Gasteiger partial charge >= 0.3 is 0 Å². The number of thiophene rings is 2. The Hall–Kier alpha value is -7.56. The molecule has 0 radical (unpaired) electrons. The van der Waals surface area contributed by atoms with Crippen LogP contribution in [-0.2, 0) is 5.41 Å². The highest BCUT2D eigenvalue weighted by Gasteiger charge is 2.47. The highest BCUT2D eigenvalue weighted by atomic mass is 32.1. The molecule has 0 saturated carbocycles. The fourth-order valence-electron chi connectivity index (χ4n) is 10.6. The molecule has 0 N–H and O–H groups in total.